The lowest BCUT2D eigenvalue weighted by Crippen LogP contribution is -2.14. The number of hydrogen-bond acceptors (Lipinski definition) is 4. The van der Waals surface area contributed by atoms with Crippen molar-refractivity contribution in [1.82, 2.24) is 15.0 Å². The van der Waals surface area contributed by atoms with E-state index in [1.165, 1.54) is 27.8 Å². The van der Waals surface area contributed by atoms with Crippen molar-refractivity contribution in [3.8, 4) is 78.7 Å². The summed E-state index contributed by atoms with van der Waals surface area (Å²) in [6.45, 7) is 4.65. The molecule has 58 heavy (non-hydrogen) atoms. The number of hydrogen-bond donors (Lipinski definition) is 0. The third kappa shape index (κ3) is 5.56. The van der Waals surface area contributed by atoms with Crippen molar-refractivity contribution < 1.29 is 4.42 Å². The van der Waals surface area contributed by atoms with Crippen LogP contribution in [0.25, 0.3) is 101 Å². The summed E-state index contributed by atoms with van der Waals surface area (Å²) in [5.74, 6) is 1.81. The van der Waals surface area contributed by atoms with Crippen LogP contribution in [-0.4, -0.2) is 15.0 Å². The minimum Gasteiger partial charge on any atom is -0.456 e. The number of aromatic nitrogens is 3. The van der Waals surface area contributed by atoms with Crippen LogP contribution in [0.1, 0.15) is 25.0 Å². The van der Waals surface area contributed by atoms with Crippen LogP contribution in [0.2, 0.25) is 0 Å². The van der Waals surface area contributed by atoms with E-state index in [0.717, 1.165) is 66.4 Å². The number of nitrogens with zero attached hydrogens (tertiary/aromatic N) is 3. The fourth-order valence-electron chi connectivity index (χ4n) is 8.84. The first-order chi connectivity index (χ1) is 28.5. The molecule has 1 aliphatic rings. The molecule has 0 N–H and O–H groups in total. The molecule has 4 nitrogen and oxygen atoms in total. The van der Waals surface area contributed by atoms with E-state index in [1.54, 1.807) is 0 Å². The Morgan fingerprint density at radius 3 is 1.69 bits per heavy atom. The average Bonchev–Trinajstić information content (AvgIpc) is 3.78. The second-order valence-electron chi connectivity index (χ2n) is 15.6. The van der Waals surface area contributed by atoms with Crippen LogP contribution in [0.5, 0.6) is 0 Å². The van der Waals surface area contributed by atoms with E-state index in [-0.39, 0.29) is 5.41 Å². The number of fused-ring (bicyclic) bond motifs is 6. The molecule has 0 saturated carbocycles. The van der Waals surface area contributed by atoms with Gasteiger partial charge in [0.15, 0.2) is 17.5 Å². The summed E-state index contributed by atoms with van der Waals surface area (Å²) in [4.78, 5) is 15.6. The average molecular weight is 744 g/mol. The highest BCUT2D eigenvalue weighted by Gasteiger charge is 2.36. The van der Waals surface area contributed by atoms with Crippen molar-refractivity contribution in [3.63, 3.8) is 0 Å². The third-order valence-corrected chi connectivity index (χ3v) is 11.8. The number of rotatable bonds is 6. The van der Waals surface area contributed by atoms with Gasteiger partial charge >= 0.3 is 0 Å². The first kappa shape index (κ1) is 33.9. The maximum Gasteiger partial charge on any atom is 0.164 e. The van der Waals surface area contributed by atoms with Crippen molar-refractivity contribution >= 4 is 21.9 Å². The molecule has 8 aromatic carbocycles. The molecule has 0 spiro atoms. The second kappa shape index (κ2) is 13.4. The quantitative estimate of drug-likeness (QED) is 0.170. The fraction of sp³-hybridized carbons (Fsp3) is 0.0556. The van der Waals surface area contributed by atoms with Crippen LogP contribution >= 0.6 is 0 Å². The number of furan rings is 1. The van der Waals surface area contributed by atoms with E-state index in [4.69, 9.17) is 19.4 Å². The largest absolute Gasteiger partial charge is 0.456 e. The summed E-state index contributed by atoms with van der Waals surface area (Å²) >= 11 is 0. The smallest absolute Gasteiger partial charge is 0.164 e. The molecule has 11 rings (SSSR count). The summed E-state index contributed by atoms with van der Waals surface area (Å²) in [6, 6.07) is 66.0. The third-order valence-electron chi connectivity index (χ3n) is 11.8. The Kier molecular flexibility index (Phi) is 7.80. The molecule has 10 aromatic rings. The monoisotopic (exact) mass is 743 g/mol. The van der Waals surface area contributed by atoms with Crippen LogP contribution in [0.15, 0.2) is 192 Å². The molecule has 274 valence electrons. The Balaban J connectivity index is 1.10. The second-order valence-corrected chi connectivity index (χ2v) is 15.6. The van der Waals surface area contributed by atoms with Crippen LogP contribution in [-0.2, 0) is 5.41 Å². The molecule has 0 atom stereocenters. The normalized spacial score (nSPS) is 12.8. The maximum absolute atomic E-state index is 6.57. The van der Waals surface area contributed by atoms with Gasteiger partial charge in [-0.05, 0) is 79.9 Å². The summed E-state index contributed by atoms with van der Waals surface area (Å²) in [6.07, 6.45) is 0. The van der Waals surface area contributed by atoms with Crippen molar-refractivity contribution in [2.45, 2.75) is 19.3 Å². The van der Waals surface area contributed by atoms with Crippen LogP contribution in [0.4, 0.5) is 0 Å². The van der Waals surface area contributed by atoms with Gasteiger partial charge in [0, 0.05) is 32.9 Å². The standard InChI is InChI=1S/C54H37N3O/c1-54(2)45-23-10-9-20-42(45)49-41(21-12-24-46(49)54)39-30-31-47-44(33-39)50-43(22-13-25-48(50)58-47)53-56-51(37-28-26-36(27-29-37)34-14-5-3-6-15-34)55-52(57-53)40-19-11-18-38(32-40)35-16-7-4-8-17-35/h3-33H,1-2H3. The summed E-state index contributed by atoms with van der Waals surface area (Å²) < 4.78 is 6.57. The van der Waals surface area contributed by atoms with Gasteiger partial charge in [-0.1, -0.05) is 178 Å². The van der Waals surface area contributed by atoms with E-state index in [9.17, 15) is 0 Å². The highest BCUT2D eigenvalue weighted by atomic mass is 16.3. The molecular weight excluding hydrogens is 707 g/mol. The van der Waals surface area contributed by atoms with E-state index in [0.29, 0.717) is 17.5 Å². The van der Waals surface area contributed by atoms with E-state index >= 15 is 0 Å². The van der Waals surface area contributed by atoms with Gasteiger partial charge in [0.2, 0.25) is 0 Å². The first-order valence-electron chi connectivity index (χ1n) is 19.8. The molecule has 0 unspecified atom stereocenters. The van der Waals surface area contributed by atoms with E-state index in [2.05, 4.69) is 178 Å². The van der Waals surface area contributed by atoms with Crippen molar-refractivity contribution in [2.24, 2.45) is 0 Å². The minimum atomic E-state index is -0.0852. The van der Waals surface area contributed by atoms with Crippen LogP contribution in [0.3, 0.4) is 0 Å². The van der Waals surface area contributed by atoms with Gasteiger partial charge in [0.25, 0.3) is 0 Å². The van der Waals surface area contributed by atoms with Crippen molar-refractivity contribution in [2.75, 3.05) is 0 Å². The molecule has 0 saturated heterocycles. The van der Waals surface area contributed by atoms with Crippen LogP contribution in [0, 0.1) is 0 Å². The van der Waals surface area contributed by atoms with Gasteiger partial charge in [-0.15, -0.1) is 0 Å². The van der Waals surface area contributed by atoms with Crippen molar-refractivity contribution in [1.29, 1.82) is 0 Å². The molecular formula is C54H37N3O. The Hall–Kier alpha value is -7.43. The first-order valence-corrected chi connectivity index (χ1v) is 19.8. The van der Waals surface area contributed by atoms with Gasteiger partial charge in [0.1, 0.15) is 11.2 Å². The Morgan fingerprint density at radius 1 is 0.362 bits per heavy atom. The van der Waals surface area contributed by atoms with Gasteiger partial charge in [-0.2, -0.15) is 0 Å². The SMILES string of the molecule is CC1(C)c2ccccc2-c2c(-c3ccc4oc5cccc(-c6nc(-c7ccc(-c8ccccc8)cc7)nc(-c7cccc(-c8ccccc8)c7)n6)c5c4c3)cccc21. The Bertz CT molecular complexity index is 3180. The zero-order valence-corrected chi connectivity index (χ0v) is 32.1. The molecule has 0 amide bonds. The van der Waals surface area contributed by atoms with Crippen molar-refractivity contribution in [3.05, 3.63) is 199 Å². The molecule has 0 aliphatic heterocycles. The van der Waals surface area contributed by atoms with Gasteiger partial charge in [-0.3, -0.25) is 0 Å². The molecule has 2 heterocycles. The zero-order valence-electron chi connectivity index (χ0n) is 32.1. The fourth-order valence-corrected chi connectivity index (χ4v) is 8.84. The van der Waals surface area contributed by atoms with Gasteiger partial charge in [0.05, 0.1) is 0 Å². The summed E-state index contributed by atoms with van der Waals surface area (Å²) in [5.41, 5.74) is 16.4. The molecule has 4 heteroatoms. The summed E-state index contributed by atoms with van der Waals surface area (Å²) in [7, 11) is 0. The maximum atomic E-state index is 6.57. The van der Waals surface area contributed by atoms with E-state index in [1.807, 2.05) is 24.3 Å². The molecule has 2 aromatic heterocycles. The molecule has 1 aliphatic carbocycles. The highest BCUT2D eigenvalue weighted by Crippen LogP contribution is 2.52. The molecule has 0 fully saturated rings. The Morgan fingerprint density at radius 2 is 0.897 bits per heavy atom. The predicted octanol–water partition coefficient (Wildman–Crippen LogP) is 14.1. The minimum absolute atomic E-state index is 0.0852. The van der Waals surface area contributed by atoms with Gasteiger partial charge < -0.3 is 4.42 Å². The van der Waals surface area contributed by atoms with E-state index < -0.39 is 0 Å². The molecule has 0 radical (unpaired) electrons. The number of benzene rings is 8. The van der Waals surface area contributed by atoms with Gasteiger partial charge in [-0.25, -0.2) is 15.0 Å². The Labute approximate surface area is 337 Å². The predicted molar refractivity (Wildman–Crippen MR) is 237 cm³/mol. The zero-order chi connectivity index (χ0) is 38.8. The topological polar surface area (TPSA) is 51.8 Å². The van der Waals surface area contributed by atoms with Crippen LogP contribution < -0.4 is 0 Å². The lowest BCUT2D eigenvalue weighted by molar-refractivity contribution is 0.660. The molecule has 0 bridgehead atoms. The highest BCUT2D eigenvalue weighted by molar-refractivity contribution is 6.13. The lowest BCUT2D eigenvalue weighted by atomic mass is 9.82. The summed E-state index contributed by atoms with van der Waals surface area (Å²) in [5, 5.41) is 2.00. The lowest BCUT2D eigenvalue weighted by Gasteiger charge is -2.21.